The van der Waals surface area contributed by atoms with Crippen LogP contribution in [0.4, 0.5) is 10.5 Å². The summed E-state index contributed by atoms with van der Waals surface area (Å²) in [5.41, 5.74) is 4.05. The molecule has 6 N–H and O–H groups in total. The number of urea groups is 1. The third-order valence-corrected chi connectivity index (χ3v) is 14.6. The van der Waals surface area contributed by atoms with Crippen LogP contribution in [0.15, 0.2) is 54.6 Å². The van der Waals surface area contributed by atoms with Gasteiger partial charge in [-0.1, -0.05) is 35.3 Å². The smallest absolute Gasteiger partial charge is 0.319 e. The minimum absolute atomic E-state index is 0.00439. The Labute approximate surface area is 503 Å². The number of carboxylic acids is 3. The lowest BCUT2D eigenvalue weighted by atomic mass is 9.95. The summed E-state index contributed by atoms with van der Waals surface area (Å²) in [4.78, 5) is 83.6. The number of aromatic nitrogens is 2. The highest BCUT2D eigenvalue weighted by molar-refractivity contribution is 6.34. The van der Waals surface area contributed by atoms with Gasteiger partial charge in [0.25, 0.3) is 5.91 Å². The maximum atomic E-state index is 14.4. The molecule has 0 spiro atoms. The van der Waals surface area contributed by atoms with Gasteiger partial charge in [-0.3, -0.25) is 43.6 Å². The predicted molar refractivity (Wildman–Crippen MR) is 313 cm³/mol. The van der Waals surface area contributed by atoms with Crippen LogP contribution in [0, 0.1) is 0 Å². The van der Waals surface area contributed by atoms with Gasteiger partial charge in [-0.05, 0) is 55.8 Å². The Morgan fingerprint density at radius 3 is 1.71 bits per heavy atom. The predicted octanol–water partition coefficient (Wildman–Crippen LogP) is 3.44. The Hall–Kier alpha value is -6.69. The van der Waals surface area contributed by atoms with Crippen LogP contribution in [0.1, 0.15) is 29.9 Å². The minimum Gasteiger partial charge on any atom is -0.496 e. The van der Waals surface area contributed by atoms with Gasteiger partial charge in [0.05, 0.1) is 116 Å². The summed E-state index contributed by atoms with van der Waals surface area (Å²) < 4.78 is 42.0. The summed E-state index contributed by atoms with van der Waals surface area (Å²) in [5.74, 6) is -2.57. The van der Waals surface area contributed by atoms with E-state index >= 15 is 0 Å². The molecule has 7 rings (SSSR count). The van der Waals surface area contributed by atoms with E-state index in [1.54, 1.807) is 61.7 Å². The largest absolute Gasteiger partial charge is 0.496 e. The zero-order valence-electron chi connectivity index (χ0n) is 48.1. The third kappa shape index (κ3) is 20.2. The standard InChI is InChI=1S/C57H76Cl2N10O16/c1-57(2)38-84-20-17-68(57)55(77)53-46-37-85-48-32-47(79-3)44(31-45(48)54(46)69(63-53)43-29-40(58)28-41(59)30-43)39-5-4-6-42(27-39)62-56(78)61-8-19-81-22-24-83-26-25-82-23-21-80-18-7-60-49(70)33-64-9-11-65(34-50(71)72)13-15-67(36-52(75)76)16-14-66(12-10-64)35-51(73)74/h4-6,27-32H,7-26,33-38H2,1-3H3,(H,60,70)(H,71,72)(H,73,74)(H,75,76)(H2,61,62,78). The minimum atomic E-state index is -1.03. The highest BCUT2D eigenvalue weighted by Crippen LogP contribution is 2.47. The molecule has 0 saturated carbocycles. The quantitative estimate of drug-likeness (QED) is 0.0444. The lowest BCUT2D eigenvalue weighted by molar-refractivity contribution is -0.140. The number of benzene rings is 3. The normalized spacial score (nSPS) is 16.2. The summed E-state index contributed by atoms with van der Waals surface area (Å²) >= 11 is 13.0. The molecule has 0 unspecified atom stereocenters. The molecule has 3 aliphatic heterocycles. The van der Waals surface area contributed by atoms with E-state index < -0.39 is 29.5 Å². The van der Waals surface area contributed by atoms with E-state index in [1.807, 2.05) is 43.0 Å². The number of ether oxygens (including phenoxy) is 7. The second-order valence-electron chi connectivity index (χ2n) is 20.9. The number of carbonyl (C=O) groups excluding carboxylic acids is 3. The number of methoxy groups -OCH3 is 1. The lowest BCUT2D eigenvalue weighted by Crippen LogP contribution is -2.55. The maximum Gasteiger partial charge on any atom is 0.319 e. The fourth-order valence-electron chi connectivity index (χ4n) is 9.90. The molecule has 0 bridgehead atoms. The number of amides is 4. The summed E-state index contributed by atoms with van der Waals surface area (Å²) in [7, 11) is 1.56. The number of carboxylic acid groups (broad SMARTS) is 3. The number of hydrogen-bond acceptors (Lipinski definition) is 18. The van der Waals surface area contributed by atoms with E-state index in [0.717, 1.165) is 5.56 Å². The van der Waals surface area contributed by atoms with E-state index in [1.165, 1.54) is 0 Å². The maximum absolute atomic E-state index is 14.4. The first-order valence-electron chi connectivity index (χ1n) is 28.0. The molecule has 26 nitrogen and oxygen atoms in total. The zero-order chi connectivity index (χ0) is 60.9. The van der Waals surface area contributed by atoms with Crippen molar-refractivity contribution in [3.63, 3.8) is 0 Å². The molecule has 3 aromatic carbocycles. The van der Waals surface area contributed by atoms with Crippen molar-refractivity contribution in [2.75, 3.05) is 177 Å². The Balaban J connectivity index is 0.788. The second kappa shape index (κ2) is 32.7. The van der Waals surface area contributed by atoms with Crippen LogP contribution in [0.3, 0.4) is 0 Å². The number of morpholine rings is 1. The van der Waals surface area contributed by atoms with Gasteiger partial charge in [-0.15, -0.1) is 0 Å². The summed E-state index contributed by atoms with van der Waals surface area (Å²) in [5, 5.41) is 42.5. The van der Waals surface area contributed by atoms with Crippen molar-refractivity contribution in [3.8, 4) is 39.6 Å². The SMILES string of the molecule is COc1cc2c(cc1-c1cccc(NC(=O)NCCOCCOCCOCCOCCNC(=O)CN3CCN(CC(=O)O)CCN(CC(=O)O)CCN(CC(=O)O)CC3)c1)-c1c(c(C(=O)N3CCOCC3(C)C)nn1-c1cc(Cl)cc(Cl)c1)CO2. The van der Waals surface area contributed by atoms with Gasteiger partial charge in [0.15, 0.2) is 5.69 Å². The molecule has 4 amide bonds. The van der Waals surface area contributed by atoms with E-state index in [-0.39, 0.29) is 109 Å². The van der Waals surface area contributed by atoms with Crippen molar-refractivity contribution in [3.05, 3.63) is 75.9 Å². The molecule has 2 fully saturated rings. The molecule has 4 heterocycles. The number of nitrogens with one attached hydrogen (secondary N) is 3. The Bertz CT molecular complexity index is 2880. The van der Waals surface area contributed by atoms with Gasteiger partial charge in [0, 0.05) is 110 Å². The van der Waals surface area contributed by atoms with Gasteiger partial charge in [0.1, 0.15) is 18.1 Å². The Morgan fingerprint density at radius 2 is 1.18 bits per heavy atom. The van der Waals surface area contributed by atoms with Crippen molar-refractivity contribution in [1.82, 2.24) is 44.9 Å². The number of nitrogens with zero attached hydrogens (tertiary/aromatic N) is 7. The molecular weight excluding hydrogens is 1150 g/mol. The van der Waals surface area contributed by atoms with E-state index in [2.05, 4.69) is 16.0 Å². The molecule has 464 valence electrons. The van der Waals surface area contributed by atoms with Crippen molar-refractivity contribution >= 4 is 64.6 Å². The van der Waals surface area contributed by atoms with Crippen LogP contribution in [0.5, 0.6) is 11.5 Å². The number of rotatable bonds is 28. The van der Waals surface area contributed by atoms with E-state index in [9.17, 15) is 44.1 Å². The van der Waals surface area contributed by atoms with Crippen molar-refractivity contribution in [2.45, 2.75) is 26.0 Å². The molecule has 28 heteroatoms. The zero-order valence-corrected chi connectivity index (χ0v) is 49.6. The summed E-state index contributed by atoms with van der Waals surface area (Å²) in [6.45, 7) is 9.65. The van der Waals surface area contributed by atoms with Crippen molar-refractivity contribution in [1.29, 1.82) is 0 Å². The molecule has 0 aliphatic carbocycles. The van der Waals surface area contributed by atoms with Gasteiger partial charge in [-0.2, -0.15) is 5.10 Å². The fraction of sp³-hybridized carbons (Fsp3) is 0.526. The number of hydrogen-bond donors (Lipinski definition) is 6. The van der Waals surface area contributed by atoms with Gasteiger partial charge in [0.2, 0.25) is 5.91 Å². The van der Waals surface area contributed by atoms with Crippen LogP contribution in [-0.2, 0) is 49.5 Å². The number of aliphatic carboxylic acids is 3. The first-order valence-corrected chi connectivity index (χ1v) is 28.7. The highest BCUT2D eigenvalue weighted by Gasteiger charge is 2.39. The Morgan fingerprint density at radius 1 is 0.647 bits per heavy atom. The molecular formula is C57H76Cl2N10O16. The van der Waals surface area contributed by atoms with Crippen LogP contribution in [0.2, 0.25) is 10.0 Å². The third-order valence-electron chi connectivity index (χ3n) is 14.1. The van der Waals surface area contributed by atoms with Crippen molar-refractivity contribution < 1.29 is 77.2 Å². The van der Waals surface area contributed by atoms with Gasteiger partial charge >= 0.3 is 23.9 Å². The van der Waals surface area contributed by atoms with Crippen molar-refractivity contribution in [2.24, 2.45) is 0 Å². The van der Waals surface area contributed by atoms with Crippen LogP contribution < -0.4 is 25.4 Å². The monoisotopic (exact) mass is 1230 g/mol. The molecule has 2 saturated heterocycles. The first kappa shape index (κ1) is 65.8. The lowest BCUT2D eigenvalue weighted by Gasteiger charge is -2.41. The second-order valence-corrected chi connectivity index (χ2v) is 21.8. The molecule has 4 aromatic rings. The summed E-state index contributed by atoms with van der Waals surface area (Å²) in [6, 6.07) is 15.7. The number of anilines is 1. The fourth-order valence-corrected chi connectivity index (χ4v) is 10.4. The molecule has 0 atom stereocenters. The van der Waals surface area contributed by atoms with Crippen LogP contribution in [-0.4, -0.2) is 262 Å². The summed E-state index contributed by atoms with van der Waals surface area (Å²) in [6.07, 6.45) is 0. The first-order chi connectivity index (χ1) is 40.9. The van der Waals surface area contributed by atoms with E-state index in [4.69, 9.17) is 61.5 Å². The topological polar surface area (TPSA) is 298 Å². The average molecular weight is 1230 g/mol. The Kier molecular flexibility index (Phi) is 25.3. The number of halogens is 2. The molecule has 1 aromatic heterocycles. The van der Waals surface area contributed by atoms with E-state index in [0.29, 0.717) is 134 Å². The number of carbonyl (C=O) groups is 6. The number of fused-ring (bicyclic) bond motifs is 3. The average Bonchev–Trinajstić information content (AvgIpc) is 1.81. The van der Waals surface area contributed by atoms with Crippen LogP contribution in [0.25, 0.3) is 28.1 Å². The van der Waals surface area contributed by atoms with Crippen LogP contribution >= 0.6 is 23.2 Å². The molecule has 85 heavy (non-hydrogen) atoms. The molecule has 3 aliphatic rings. The highest BCUT2D eigenvalue weighted by atomic mass is 35.5. The molecule has 0 radical (unpaired) electrons. The van der Waals surface area contributed by atoms with Gasteiger partial charge in [-0.25, -0.2) is 9.48 Å². The van der Waals surface area contributed by atoms with Gasteiger partial charge < -0.3 is 69.3 Å².